The summed E-state index contributed by atoms with van der Waals surface area (Å²) in [5.41, 5.74) is 0.578. The fraction of sp³-hybridized carbons (Fsp3) is 0.312. The Balaban J connectivity index is 2.03. The standard InChI is InChI=1S/C16H15N3O2S2/c1-16(2)15(20)14(23-13-6-5-12(22)18-19-13)10-7-9(8-17)3-4-11(10)21-16/h3-7,14-15,20H,1-2H3,(H,18,22). The number of aromatic nitrogens is 2. The number of rotatable bonds is 2. The van der Waals surface area contributed by atoms with Gasteiger partial charge in [0, 0.05) is 5.56 Å². The number of hydrogen-bond donors (Lipinski definition) is 2. The summed E-state index contributed by atoms with van der Waals surface area (Å²) in [5, 5.41) is 28.8. The number of aliphatic hydroxyl groups excluding tert-OH is 1. The molecule has 0 radical (unpaired) electrons. The second-order valence-electron chi connectivity index (χ2n) is 5.78. The normalized spacial score (nSPS) is 21.9. The number of nitrogens with zero attached hydrogens (tertiary/aromatic N) is 3. The van der Waals surface area contributed by atoms with Crippen molar-refractivity contribution in [1.29, 1.82) is 5.26 Å². The molecule has 118 valence electrons. The average molecular weight is 345 g/mol. The molecule has 1 N–H and O–H groups in total. The van der Waals surface area contributed by atoms with Gasteiger partial charge in [0.05, 0.1) is 16.9 Å². The van der Waals surface area contributed by atoms with Gasteiger partial charge in [-0.25, -0.2) is 0 Å². The molecule has 0 saturated carbocycles. The van der Waals surface area contributed by atoms with Crippen LogP contribution in [-0.4, -0.2) is 27.0 Å². The predicted octanol–water partition coefficient (Wildman–Crippen LogP) is 3.00. The van der Waals surface area contributed by atoms with Crippen molar-refractivity contribution in [2.75, 3.05) is 0 Å². The van der Waals surface area contributed by atoms with Crippen molar-refractivity contribution in [3.05, 3.63) is 41.5 Å². The van der Waals surface area contributed by atoms with Crippen molar-refractivity contribution in [3.8, 4) is 11.8 Å². The van der Waals surface area contributed by atoms with Gasteiger partial charge in [-0.3, -0.25) is 0 Å². The van der Waals surface area contributed by atoms with Crippen molar-refractivity contribution >= 4 is 24.4 Å². The first-order chi connectivity index (χ1) is 10.9. The molecule has 7 heteroatoms. The lowest BCUT2D eigenvalue weighted by molar-refractivity contribution is -0.0429. The molecule has 0 saturated heterocycles. The van der Waals surface area contributed by atoms with Crippen molar-refractivity contribution < 1.29 is 9.84 Å². The fourth-order valence-electron chi connectivity index (χ4n) is 2.45. The topological polar surface area (TPSA) is 79.0 Å². The quantitative estimate of drug-likeness (QED) is 0.815. The Morgan fingerprint density at radius 2 is 2.09 bits per heavy atom. The Hall–Kier alpha value is -1.75. The maximum absolute atomic E-state index is 10.7. The Labute approximate surface area is 144 Å². The van der Waals surface area contributed by atoms with E-state index in [0.29, 0.717) is 21.4 Å². The molecule has 1 aliphatic heterocycles. The first kappa shape index (κ1) is 16.1. The van der Waals surface area contributed by atoms with Gasteiger partial charge in [0.1, 0.15) is 27.5 Å². The summed E-state index contributed by atoms with van der Waals surface area (Å²) in [6.07, 6.45) is -0.758. The number of fused-ring (bicyclic) bond motifs is 1. The average Bonchev–Trinajstić information content (AvgIpc) is 2.53. The van der Waals surface area contributed by atoms with Crippen molar-refractivity contribution in [1.82, 2.24) is 10.2 Å². The minimum Gasteiger partial charge on any atom is -0.485 e. The van der Waals surface area contributed by atoms with Gasteiger partial charge in [-0.05, 0) is 44.2 Å². The highest BCUT2D eigenvalue weighted by Gasteiger charge is 2.43. The number of thiol groups is 1. The third-order valence-corrected chi connectivity index (χ3v) is 5.15. The lowest BCUT2D eigenvalue weighted by Crippen LogP contribution is -2.48. The summed E-state index contributed by atoms with van der Waals surface area (Å²) in [6.45, 7) is 3.68. The van der Waals surface area contributed by atoms with E-state index in [1.165, 1.54) is 11.8 Å². The van der Waals surface area contributed by atoms with Crippen LogP contribution in [0.5, 0.6) is 5.75 Å². The minimum absolute atomic E-state index is 0.304. The van der Waals surface area contributed by atoms with Crippen molar-refractivity contribution in [2.45, 2.75) is 40.9 Å². The summed E-state index contributed by atoms with van der Waals surface area (Å²) in [4.78, 5) is 0. The molecule has 0 fully saturated rings. The number of benzene rings is 1. The van der Waals surface area contributed by atoms with E-state index in [1.807, 2.05) is 19.9 Å². The third kappa shape index (κ3) is 3.15. The van der Waals surface area contributed by atoms with Crippen LogP contribution in [-0.2, 0) is 0 Å². The Bertz CT molecular complexity index is 772. The third-order valence-electron chi connectivity index (χ3n) is 3.69. The Morgan fingerprint density at radius 1 is 1.30 bits per heavy atom. The zero-order valence-electron chi connectivity index (χ0n) is 12.6. The molecule has 1 aromatic carbocycles. The van der Waals surface area contributed by atoms with Gasteiger partial charge in [-0.15, -0.1) is 22.8 Å². The highest BCUT2D eigenvalue weighted by Crippen LogP contribution is 2.48. The van der Waals surface area contributed by atoms with Crippen LogP contribution in [0, 0.1) is 11.3 Å². The summed E-state index contributed by atoms with van der Waals surface area (Å²) >= 11 is 5.52. The predicted molar refractivity (Wildman–Crippen MR) is 89.8 cm³/mol. The number of nitriles is 1. The van der Waals surface area contributed by atoms with Crippen molar-refractivity contribution in [2.24, 2.45) is 0 Å². The molecule has 0 aliphatic carbocycles. The molecule has 1 aromatic heterocycles. The minimum atomic E-state index is -0.758. The summed E-state index contributed by atoms with van der Waals surface area (Å²) in [5.74, 6) is 0.676. The van der Waals surface area contributed by atoms with Gasteiger partial charge in [-0.1, -0.05) is 11.8 Å². The molecule has 0 amide bonds. The number of ether oxygens (including phenoxy) is 1. The molecule has 2 aromatic rings. The molecule has 0 spiro atoms. The van der Waals surface area contributed by atoms with Crippen LogP contribution in [0.1, 0.15) is 30.2 Å². The molecule has 2 heterocycles. The van der Waals surface area contributed by atoms with Gasteiger partial charge >= 0.3 is 0 Å². The largest absolute Gasteiger partial charge is 0.485 e. The van der Waals surface area contributed by atoms with Crippen molar-refractivity contribution in [3.63, 3.8) is 0 Å². The summed E-state index contributed by atoms with van der Waals surface area (Å²) in [7, 11) is 0. The number of aliphatic hydroxyl groups is 1. The van der Waals surface area contributed by atoms with E-state index in [9.17, 15) is 5.11 Å². The lowest BCUT2D eigenvalue weighted by Gasteiger charge is -2.41. The van der Waals surface area contributed by atoms with Crippen LogP contribution >= 0.6 is 24.4 Å². The molecule has 1 aliphatic rings. The monoisotopic (exact) mass is 345 g/mol. The zero-order chi connectivity index (χ0) is 16.6. The van der Waals surface area contributed by atoms with Gasteiger partial charge < -0.3 is 9.84 Å². The van der Waals surface area contributed by atoms with Crippen LogP contribution in [0.3, 0.4) is 0 Å². The smallest absolute Gasteiger partial charge is 0.131 e. The first-order valence-corrected chi connectivity index (χ1v) is 8.34. The van der Waals surface area contributed by atoms with E-state index in [4.69, 9.17) is 10.00 Å². The van der Waals surface area contributed by atoms with Crippen LogP contribution in [0.15, 0.2) is 40.4 Å². The summed E-state index contributed by atoms with van der Waals surface area (Å²) < 4.78 is 5.90. The van der Waals surface area contributed by atoms with E-state index >= 15 is 0 Å². The second-order valence-corrected chi connectivity index (χ2v) is 7.40. The highest BCUT2D eigenvalue weighted by molar-refractivity contribution is 7.99. The van der Waals surface area contributed by atoms with Gasteiger partial charge in [0.15, 0.2) is 0 Å². The van der Waals surface area contributed by atoms with E-state index < -0.39 is 11.7 Å². The number of thioether (sulfide) groups is 1. The molecule has 5 nitrogen and oxygen atoms in total. The Morgan fingerprint density at radius 3 is 2.74 bits per heavy atom. The van der Waals surface area contributed by atoms with Gasteiger partial charge in [0.2, 0.25) is 0 Å². The van der Waals surface area contributed by atoms with Crippen LogP contribution in [0.2, 0.25) is 0 Å². The van der Waals surface area contributed by atoms with Crippen LogP contribution in [0.4, 0.5) is 0 Å². The molecule has 2 unspecified atom stereocenters. The Kier molecular flexibility index (Phi) is 4.23. The zero-order valence-corrected chi connectivity index (χ0v) is 14.3. The first-order valence-electron chi connectivity index (χ1n) is 7.01. The van der Waals surface area contributed by atoms with Gasteiger partial charge in [0.25, 0.3) is 0 Å². The maximum atomic E-state index is 10.7. The maximum Gasteiger partial charge on any atom is 0.131 e. The SMILES string of the molecule is CC1(C)Oc2ccc(C#N)cc2C(Sc2ccc(S)nn2)C1O. The fourth-order valence-corrected chi connectivity index (χ4v) is 3.83. The molecular formula is C16H15N3O2S2. The highest BCUT2D eigenvalue weighted by atomic mass is 32.2. The van der Waals surface area contributed by atoms with Gasteiger partial charge in [-0.2, -0.15) is 5.26 Å². The molecule has 2 atom stereocenters. The second kappa shape index (κ2) is 6.04. The van der Waals surface area contributed by atoms with Crippen LogP contribution in [0.25, 0.3) is 0 Å². The lowest BCUT2D eigenvalue weighted by atomic mass is 9.90. The number of hydrogen-bond acceptors (Lipinski definition) is 7. The molecule has 23 heavy (non-hydrogen) atoms. The molecule has 3 rings (SSSR count). The van der Waals surface area contributed by atoms with Crippen LogP contribution < -0.4 is 4.74 Å². The van der Waals surface area contributed by atoms with E-state index in [2.05, 4.69) is 28.9 Å². The molecule has 0 bridgehead atoms. The van der Waals surface area contributed by atoms with E-state index in [1.54, 1.807) is 24.3 Å². The summed E-state index contributed by atoms with van der Waals surface area (Å²) in [6, 6.07) is 10.9. The molecular weight excluding hydrogens is 330 g/mol. The van der Waals surface area contributed by atoms with E-state index in [0.717, 1.165) is 5.56 Å². The van der Waals surface area contributed by atoms with E-state index in [-0.39, 0.29) is 5.25 Å².